The lowest BCUT2D eigenvalue weighted by Crippen LogP contribution is -2.38. The Morgan fingerprint density at radius 2 is 2.05 bits per heavy atom. The number of aromatic nitrogens is 2. The van der Waals surface area contributed by atoms with E-state index in [0.717, 1.165) is 10.7 Å². The quantitative estimate of drug-likeness (QED) is 0.780. The lowest BCUT2D eigenvalue weighted by molar-refractivity contribution is -0.121. The largest absolute Gasteiger partial charge is 0.355 e. The van der Waals surface area contributed by atoms with E-state index in [9.17, 15) is 13.2 Å². The second-order valence-electron chi connectivity index (χ2n) is 4.37. The SMILES string of the molecule is CCCNC(=O)CN(C)S(=O)(=O)c1c(C)n[nH]c1C. The van der Waals surface area contributed by atoms with Gasteiger partial charge < -0.3 is 5.32 Å². The van der Waals surface area contributed by atoms with Crippen molar-refractivity contribution in [2.45, 2.75) is 32.1 Å². The molecule has 0 spiro atoms. The topological polar surface area (TPSA) is 95.2 Å². The minimum Gasteiger partial charge on any atom is -0.355 e. The Bertz CT molecular complexity index is 531. The molecule has 0 saturated carbocycles. The zero-order valence-electron chi connectivity index (χ0n) is 11.6. The van der Waals surface area contributed by atoms with Gasteiger partial charge in [-0.1, -0.05) is 6.92 Å². The predicted octanol–water partition coefficient (Wildman–Crippen LogP) is 0.173. The third-order valence-electron chi connectivity index (χ3n) is 2.67. The third-order valence-corrected chi connectivity index (χ3v) is 4.73. The maximum absolute atomic E-state index is 12.3. The monoisotopic (exact) mass is 288 g/mol. The van der Waals surface area contributed by atoms with Gasteiger partial charge in [-0.25, -0.2) is 8.42 Å². The third kappa shape index (κ3) is 3.54. The molecular formula is C11H20N4O3S. The lowest BCUT2D eigenvalue weighted by atomic mass is 10.4. The van der Waals surface area contributed by atoms with Gasteiger partial charge in [-0.2, -0.15) is 9.40 Å². The highest BCUT2D eigenvalue weighted by atomic mass is 32.2. The highest BCUT2D eigenvalue weighted by Crippen LogP contribution is 2.20. The van der Waals surface area contributed by atoms with Gasteiger partial charge in [-0.05, 0) is 20.3 Å². The number of sulfonamides is 1. The minimum absolute atomic E-state index is 0.137. The normalized spacial score (nSPS) is 11.8. The molecule has 1 aromatic rings. The first-order valence-electron chi connectivity index (χ1n) is 6.05. The smallest absolute Gasteiger partial charge is 0.246 e. The molecule has 1 amide bonds. The van der Waals surface area contributed by atoms with Gasteiger partial charge in [0, 0.05) is 13.6 Å². The van der Waals surface area contributed by atoms with E-state index in [1.165, 1.54) is 7.05 Å². The van der Waals surface area contributed by atoms with Crippen LogP contribution in [0, 0.1) is 13.8 Å². The second kappa shape index (κ2) is 6.16. The van der Waals surface area contributed by atoms with Crippen molar-refractivity contribution in [3.63, 3.8) is 0 Å². The molecule has 0 radical (unpaired) electrons. The first-order chi connectivity index (χ1) is 8.80. The number of amides is 1. The van der Waals surface area contributed by atoms with Crippen molar-refractivity contribution >= 4 is 15.9 Å². The van der Waals surface area contributed by atoms with Crippen molar-refractivity contribution in [2.24, 2.45) is 0 Å². The molecule has 1 heterocycles. The summed E-state index contributed by atoms with van der Waals surface area (Å²) >= 11 is 0. The molecule has 0 saturated heterocycles. The Morgan fingerprint density at radius 3 is 2.53 bits per heavy atom. The number of aromatic amines is 1. The molecule has 7 nitrogen and oxygen atoms in total. The molecule has 0 atom stereocenters. The van der Waals surface area contributed by atoms with Crippen molar-refractivity contribution < 1.29 is 13.2 Å². The van der Waals surface area contributed by atoms with Crippen molar-refractivity contribution in [2.75, 3.05) is 20.1 Å². The van der Waals surface area contributed by atoms with Gasteiger partial charge in [0.25, 0.3) is 0 Å². The highest BCUT2D eigenvalue weighted by Gasteiger charge is 2.28. The van der Waals surface area contributed by atoms with Crippen molar-refractivity contribution in [3.05, 3.63) is 11.4 Å². The Balaban J connectivity index is 2.87. The van der Waals surface area contributed by atoms with E-state index in [1.807, 2.05) is 6.92 Å². The molecular weight excluding hydrogens is 268 g/mol. The minimum atomic E-state index is -3.70. The number of hydrogen-bond acceptors (Lipinski definition) is 4. The molecule has 0 aliphatic heterocycles. The van der Waals surface area contributed by atoms with Crippen LogP contribution in [-0.4, -0.2) is 49.0 Å². The van der Waals surface area contributed by atoms with Crippen LogP contribution in [0.15, 0.2) is 4.90 Å². The molecule has 1 rings (SSSR count). The molecule has 0 aromatic carbocycles. The fourth-order valence-electron chi connectivity index (χ4n) is 1.68. The van der Waals surface area contributed by atoms with Crippen LogP contribution in [0.2, 0.25) is 0 Å². The number of nitrogens with zero attached hydrogens (tertiary/aromatic N) is 2. The zero-order valence-corrected chi connectivity index (χ0v) is 12.5. The van der Waals surface area contributed by atoms with E-state index >= 15 is 0 Å². The first-order valence-corrected chi connectivity index (χ1v) is 7.49. The number of nitrogens with one attached hydrogen (secondary N) is 2. The summed E-state index contributed by atoms with van der Waals surface area (Å²) in [6.45, 7) is 5.51. The summed E-state index contributed by atoms with van der Waals surface area (Å²) in [6.07, 6.45) is 0.808. The van der Waals surface area contributed by atoms with Crippen LogP contribution >= 0.6 is 0 Å². The number of carbonyl (C=O) groups excluding carboxylic acids is 1. The fourth-order valence-corrected chi connectivity index (χ4v) is 3.13. The highest BCUT2D eigenvalue weighted by molar-refractivity contribution is 7.89. The number of likely N-dealkylation sites (N-methyl/N-ethyl adjacent to an activating group) is 1. The van der Waals surface area contributed by atoms with E-state index in [0.29, 0.717) is 17.9 Å². The average molecular weight is 288 g/mol. The Hall–Kier alpha value is -1.41. The van der Waals surface area contributed by atoms with Gasteiger partial charge in [0.1, 0.15) is 4.90 Å². The molecule has 2 N–H and O–H groups in total. The van der Waals surface area contributed by atoms with E-state index < -0.39 is 10.0 Å². The van der Waals surface area contributed by atoms with Crippen LogP contribution in [-0.2, 0) is 14.8 Å². The number of rotatable bonds is 6. The van der Waals surface area contributed by atoms with Crippen LogP contribution in [0.3, 0.4) is 0 Å². The molecule has 8 heteroatoms. The van der Waals surface area contributed by atoms with Crippen LogP contribution in [0.5, 0.6) is 0 Å². The predicted molar refractivity (Wildman–Crippen MR) is 71.2 cm³/mol. The van der Waals surface area contributed by atoms with Crippen LogP contribution in [0.1, 0.15) is 24.7 Å². The summed E-state index contributed by atoms with van der Waals surface area (Å²) < 4.78 is 25.7. The molecule has 0 aliphatic carbocycles. The van der Waals surface area contributed by atoms with E-state index in [4.69, 9.17) is 0 Å². The zero-order chi connectivity index (χ0) is 14.6. The average Bonchev–Trinajstić information content (AvgIpc) is 2.66. The van der Waals surface area contributed by atoms with Crippen molar-refractivity contribution in [3.8, 4) is 0 Å². The van der Waals surface area contributed by atoms with Crippen molar-refractivity contribution in [1.29, 1.82) is 0 Å². The van der Waals surface area contributed by atoms with Crippen molar-refractivity contribution in [1.82, 2.24) is 19.8 Å². The molecule has 0 unspecified atom stereocenters. The van der Waals surface area contributed by atoms with E-state index in [-0.39, 0.29) is 17.3 Å². The van der Waals surface area contributed by atoms with Crippen LogP contribution in [0.25, 0.3) is 0 Å². The van der Waals surface area contributed by atoms with Gasteiger partial charge >= 0.3 is 0 Å². The van der Waals surface area contributed by atoms with E-state index in [2.05, 4.69) is 15.5 Å². The Kier molecular flexibility index (Phi) is 5.07. The van der Waals surface area contributed by atoms with Gasteiger partial charge in [0.15, 0.2) is 0 Å². The summed E-state index contributed by atoms with van der Waals surface area (Å²) in [7, 11) is -2.32. The maximum Gasteiger partial charge on any atom is 0.246 e. The molecule has 0 aliphatic rings. The molecule has 0 fully saturated rings. The first kappa shape index (κ1) is 15.6. The Morgan fingerprint density at radius 1 is 1.42 bits per heavy atom. The molecule has 19 heavy (non-hydrogen) atoms. The Labute approximate surface area is 113 Å². The number of aryl methyl sites for hydroxylation is 2. The van der Waals surface area contributed by atoms with Gasteiger partial charge in [-0.15, -0.1) is 0 Å². The summed E-state index contributed by atoms with van der Waals surface area (Å²) in [4.78, 5) is 11.7. The maximum atomic E-state index is 12.3. The summed E-state index contributed by atoms with van der Waals surface area (Å²) in [5.41, 5.74) is 0.872. The van der Waals surface area contributed by atoms with Crippen LogP contribution in [0.4, 0.5) is 0 Å². The number of H-pyrrole nitrogens is 1. The van der Waals surface area contributed by atoms with E-state index in [1.54, 1.807) is 13.8 Å². The van der Waals surface area contributed by atoms with Gasteiger partial charge in [-0.3, -0.25) is 9.89 Å². The summed E-state index contributed by atoms with van der Waals surface area (Å²) in [5, 5.41) is 9.13. The summed E-state index contributed by atoms with van der Waals surface area (Å²) in [6, 6.07) is 0. The lowest BCUT2D eigenvalue weighted by Gasteiger charge is -2.16. The standard InChI is InChI=1S/C11H20N4O3S/c1-5-6-12-10(16)7-15(4)19(17,18)11-8(2)13-14-9(11)3/h5-7H2,1-4H3,(H,12,16)(H,13,14). The van der Waals surface area contributed by atoms with Gasteiger partial charge in [0.2, 0.25) is 15.9 Å². The molecule has 108 valence electrons. The van der Waals surface area contributed by atoms with Crippen LogP contribution < -0.4 is 5.32 Å². The number of hydrogen-bond donors (Lipinski definition) is 2. The summed E-state index contributed by atoms with van der Waals surface area (Å²) in [5.74, 6) is -0.313. The molecule has 1 aromatic heterocycles. The molecule has 0 bridgehead atoms. The van der Waals surface area contributed by atoms with Gasteiger partial charge in [0.05, 0.1) is 17.9 Å². The fraction of sp³-hybridized carbons (Fsp3) is 0.636. The number of carbonyl (C=O) groups is 1. The second-order valence-corrected chi connectivity index (χ2v) is 6.36.